The van der Waals surface area contributed by atoms with Gasteiger partial charge in [-0.25, -0.2) is 9.59 Å². The van der Waals surface area contributed by atoms with Crippen molar-refractivity contribution in [3.63, 3.8) is 0 Å². The number of carbonyl (C=O) groups excluding carboxylic acids is 5. The zero-order valence-electron chi connectivity index (χ0n) is 25.0. The number of H-pyrrole nitrogens is 1. The number of ketones is 2. The number of likely N-dealkylation sites (N-methyl/N-ethyl adjacent to an activating group) is 1. The lowest BCUT2D eigenvalue weighted by Crippen LogP contribution is -2.47. The van der Waals surface area contributed by atoms with Crippen molar-refractivity contribution in [1.82, 2.24) is 24.7 Å². The smallest absolute Gasteiger partial charge is 0.328 e. The Labute approximate surface area is 253 Å². The number of nitrogens with one attached hydrogen (secondary N) is 2. The third-order valence-corrected chi connectivity index (χ3v) is 6.87. The van der Waals surface area contributed by atoms with Crippen LogP contribution < -0.4 is 21.3 Å². The van der Waals surface area contributed by atoms with Gasteiger partial charge in [0.05, 0.1) is 13.5 Å². The van der Waals surface area contributed by atoms with Crippen LogP contribution in [0.2, 0.25) is 0 Å². The molecule has 0 atom stereocenters. The summed E-state index contributed by atoms with van der Waals surface area (Å²) in [6.07, 6.45) is 1.05. The molecule has 0 bridgehead atoms. The number of nitrogens with zero attached hydrogens (tertiary/aromatic N) is 3. The number of carbonyl (C=O) groups is 5. The standard InChI is InChI=1S/C31H35N5O8/c1-5-34(30(42)32-21(3)37)14-15-35(16-17-36-19-20(2)28(40)33-31(36)43)29(41)24-8-6-22(7-9-24)26(38)18-27(39)23-10-12-25(44-4)13-11-23/h6-13,19H,5,14-18H2,1-4H3,(H,32,37,42)(H,33,40,43). The zero-order chi connectivity index (χ0) is 32.4. The Kier molecular flexibility index (Phi) is 11.5. The number of rotatable bonds is 13. The summed E-state index contributed by atoms with van der Waals surface area (Å²) in [5.74, 6) is -1.13. The van der Waals surface area contributed by atoms with Crippen LogP contribution >= 0.6 is 0 Å². The van der Waals surface area contributed by atoms with Crippen molar-refractivity contribution in [3.05, 3.63) is 97.8 Å². The molecular weight excluding hydrogens is 570 g/mol. The van der Waals surface area contributed by atoms with Crippen LogP contribution in [0.4, 0.5) is 4.79 Å². The molecule has 13 nitrogen and oxygen atoms in total. The van der Waals surface area contributed by atoms with Crippen molar-refractivity contribution in [2.45, 2.75) is 33.7 Å². The Morgan fingerprint density at radius 3 is 1.93 bits per heavy atom. The van der Waals surface area contributed by atoms with E-state index in [1.807, 2.05) is 0 Å². The molecule has 0 saturated heterocycles. The van der Waals surface area contributed by atoms with Gasteiger partial charge in [-0.3, -0.25) is 38.8 Å². The maximum atomic E-state index is 13.6. The first-order chi connectivity index (χ1) is 20.9. The molecule has 0 unspecified atom stereocenters. The van der Waals surface area contributed by atoms with Gasteiger partial charge in [0.2, 0.25) is 5.91 Å². The number of imide groups is 1. The van der Waals surface area contributed by atoms with Crippen LogP contribution in [0.3, 0.4) is 0 Å². The maximum Gasteiger partial charge on any atom is 0.328 e. The van der Waals surface area contributed by atoms with Crippen LogP contribution in [0, 0.1) is 6.92 Å². The predicted molar refractivity (Wildman–Crippen MR) is 161 cm³/mol. The van der Waals surface area contributed by atoms with Gasteiger partial charge in [0.15, 0.2) is 11.6 Å². The van der Waals surface area contributed by atoms with E-state index in [-0.39, 0.29) is 56.1 Å². The van der Waals surface area contributed by atoms with Gasteiger partial charge in [0.25, 0.3) is 11.5 Å². The highest BCUT2D eigenvalue weighted by Crippen LogP contribution is 2.15. The number of aromatic amines is 1. The Hall–Kier alpha value is -5.33. The van der Waals surface area contributed by atoms with Crippen LogP contribution in [0.5, 0.6) is 5.75 Å². The van der Waals surface area contributed by atoms with E-state index in [0.717, 1.165) is 0 Å². The molecule has 2 N–H and O–H groups in total. The first-order valence-corrected chi connectivity index (χ1v) is 13.9. The van der Waals surface area contributed by atoms with Gasteiger partial charge in [0.1, 0.15) is 5.75 Å². The van der Waals surface area contributed by atoms with Gasteiger partial charge >= 0.3 is 11.7 Å². The van der Waals surface area contributed by atoms with Crippen LogP contribution in [0.25, 0.3) is 0 Å². The monoisotopic (exact) mass is 605 g/mol. The summed E-state index contributed by atoms with van der Waals surface area (Å²) in [4.78, 5) is 91.8. The number of aromatic nitrogens is 2. The molecule has 3 rings (SSSR count). The second-order valence-electron chi connectivity index (χ2n) is 9.95. The molecule has 0 aliphatic rings. The number of hydrogen-bond acceptors (Lipinski definition) is 8. The molecule has 0 saturated carbocycles. The largest absolute Gasteiger partial charge is 0.497 e. The second kappa shape index (κ2) is 15.2. The number of urea groups is 1. The number of Topliss-reactive ketones (excluding diaryl/α,β-unsaturated/α-hetero) is 2. The number of benzene rings is 2. The van der Waals surface area contributed by atoms with Crippen molar-refractivity contribution in [2.24, 2.45) is 0 Å². The highest BCUT2D eigenvalue weighted by molar-refractivity contribution is 6.13. The minimum atomic E-state index is -0.629. The molecule has 1 heterocycles. The lowest BCUT2D eigenvalue weighted by atomic mass is 10.0. The maximum absolute atomic E-state index is 13.6. The molecule has 3 aromatic rings. The van der Waals surface area contributed by atoms with Crippen molar-refractivity contribution in [3.8, 4) is 5.75 Å². The summed E-state index contributed by atoms with van der Waals surface area (Å²) in [5.41, 5.74) is 0.0565. The lowest BCUT2D eigenvalue weighted by Gasteiger charge is -2.27. The minimum Gasteiger partial charge on any atom is -0.497 e. The van der Waals surface area contributed by atoms with E-state index in [9.17, 15) is 33.6 Å². The quantitative estimate of drug-likeness (QED) is 0.220. The summed E-state index contributed by atoms with van der Waals surface area (Å²) in [6.45, 7) is 5.02. The third-order valence-electron chi connectivity index (χ3n) is 6.87. The second-order valence-corrected chi connectivity index (χ2v) is 9.95. The average Bonchev–Trinajstić information content (AvgIpc) is 3.00. The van der Waals surface area contributed by atoms with Gasteiger partial charge in [-0.15, -0.1) is 0 Å². The normalized spacial score (nSPS) is 10.5. The highest BCUT2D eigenvalue weighted by atomic mass is 16.5. The Morgan fingerprint density at radius 1 is 0.841 bits per heavy atom. The number of amides is 4. The van der Waals surface area contributed by atoms with Crippen LogP contribution in [-0.2, 0) is 11.3 Å². The Morgan fingerprint density at radius 2 is 1.39 bits per heavy atom. The van der Waals surface area contributed by atoms with E-state index in [2.05, 4.69) is 10.3 Å². The molecule has 0 fully saturated rings. The van der Waals surface area contributed by atoms with E-state index in [1.165, 1.54) is 58.9 Å². The van der Waals surface area contributed by atoms with Gasteiger partial charge in [0, 0.05) is 68.1 Å². The van der Waals surface area contributed by atoms with Crippen molar-refractivity contribution >= 4 is 29.4 Å². The number of hydrogen-bond donors (Lipinski definition) is 2. The Balaban J connectivity index is 1.76. The first kappa shape index (κ1) is 33.2. The van der Waals surface area contributed by atoms with Gasteiger partial charge in [-0.05, 0) is 50.2 Å². The zero-order valence-corrected chi connectivity index (χ0v) is 25.0. The fourth-order valence-electron chi connectivity index (χ4n) is 4.31. The van der Waals surface area contributed by atoms with Gasteiger partial charge in [-0.1, -0.05) is 12.1 Å². The average molecular weight is 606 g/mol. The van der Waals surface area contributed by atoms with Gasteiger partial charge in [-0.2, -0.15) is 0 Å². The summed E-state index contributed by atoms with van der Waals surface area (Å²) < 4.78 is 6.36. The molecule has 4 amide bonds. The lowest BCUT2D eigenvalue weighted by molar-refractivity contribution is -0.118. The van der Waals surface area contributed by atoms with E-state index >= 15 is 0 Å². The van der Waals surface area contributed by atoms with Crippen LogP contribution in [0.15, 0.2) is 64.3 Å². The molecule has 0 aliphatic heterocycles. The molecule has 0 spiro atoms. The fourth-order valence-corrected chi connectivity index (χ4v) is 4.31. The van der Waals surface area contributed by atoms with Crippen molar-refractivity contribution < 1.29 is 28.7 Å². The molecule has 0 radical (unpaired) electrons. The van der Waals surface area contributed by atoms with E-state index < -0.39 is 34.9 Å². The first-order valence-electron chi connectivity index (χ1n) is 13.9. The van der Waals surface area contributed by atoms with E-state index in [0.29, 0.717) is 16.9 Å². The molecule has 44 heavy (non-hydrogen) atoms. The summed E-state index contributed by atoms with van der Waals surface area (Å²) in [6, 6.07) is 11.7. The third kappa shape index (κ3) is 8.84. The van der Waals surface area contributed by atoms with Crippen LogP contribution in [-0.4, -0.2) is 82.1 Å². The molecule has 1 aromatic heterocycles. The number of aryl methyl sites for hydroxylation is 1. The van der Waals surface area contributed by atoms with Crippen LogP contribution in [0.1, 0.15) is 56.9 Å². The summed E-state index contributed by atoms with van der Waals surface area (Å²) in [5, 5.41) is 2.20. The highest BCUT2D eigenvalue weighted by Gasteiger charge is 2.21. The molecule has 2 aromatic carbocycles. The number of ether oxygens (including phenoxy) is 1. The molecule has 232 valence electrons. The predicted octanol–water partition coefficient (Wildman–Crippen LogP) is 2.03. The van der Waals surface area contributed by atoms with Gasteiger partial charge < -0.3 is 14.5 Å². The van der Waals surface area contributed by atoms with E-state index in [1.54, 1.807) is 38.1 Å². The number of methoxy groups -OCH3 is 1. The van der Waals surface area contributed by atoms with Crippen molar-refractivity contribution in [1.29, 1.82) is 0 Å². The molecule has 13 heteroatoms. The SMILES string of the molecule is CCN(CCN(CCn1cc(C)c(=O)[nH]c1=O)C(=O)c1ccc(C(=O)CC(=O)c2ccc(OC)cc2)cc1)C(=O)NC(C)=O. The summed E-state index contributed by atoms with van der Waals surface area (Å²) >= 11 is 0. The van der Waals surface area contributed by atoms with Crippen molar-refractivity contribution in [2.75, 3.05) is 33.3 Å². The Bertz CT molecular complexity index is 1640. The summed E-state index contributed by atoms with van der Waals surface area (Å²) in [7, 11) is 1.51. The van der Waals surface area contributed by atoms with E-state index in [4.69, 9.17) is 4.74 Å². The molecular formula is C31H35N5O8. The fraction of sp³-hybridized carbons (Fsp3) is 0.323. The minimum absolute atomic E-state index is 0.0488. The topological polar surface area (TPSA) is 168 Å². The molecule has 0 aliphatic carbocycles.